The van der Waals surface area contributed by atoms with Crippen molar-refractivity contribution in [1.82, 2.24) is 10.0 Å². The fraction of sp³-hybridized carbons (Fsp3) is 0.333. The number of rotatable bonds is 8. The minimum Gasteiger partial charge on any atom is -0.312 e. The van der Waals surface area contributed by atoms with Crippen molar-refractivity contribution < 1.29 is 8.42 Å². The molecule has 0 bridgehead atoms. The quantitative estimate of drug-likeness (QED) is 0.784. The van der Waals surface area contributed by atoms with Gasteiger partial charge >= 0.3 is 0 Å². The molecule has 21 heavy (non-hydrogen) atoms. The van der Waals surface area contributed by atoms with E-state index in [1.54, 1.807) is 11.4 Å². The van der Waals surface area contributed by atoms with E-state index in [0.29, 0.717) is 24.4 Å². The average Bonchev–Trinajstić information content (AvgIpc) is 2.96. The van der Waals surface area contributed by atoms with Crippen LogP contribution in [-0.4, -0.2) is 21.5 Å². The van der Waals surface area contributed by atoms with E-state index in [-0.39, 0.29) is 0 Å². The summed E-state index contributed by atoms with van der Waals surface area (Å²) in [5.41, 5.74) is 1.12. The van der Waals surface area contributed by atoms with Crippen molar-refractivity contribution in [3.63, 3.8) is 0 Å². The summed E-state index contributed by atoms with van der Waals surface area (Å²) in [6.45, 7) is 4.01. The molecule has 0 atom stereocenters. The Hall–Kier alpha value is -1.21. The van der Waals surface area contributed by atoms with Crippen LogP contribution in [0, 0.1) is 0 Å². The predicted octanol–water partition coefficient (Wildman–Crippen LogP) is 2.38. The van der Waals surface area contributed by atoms with Gasteiger partial charge in [0.1, 0.15) is 0 Å². The van der Waals surface area contributed by atoms with Crippen LogP contribution in [0.2, 0.25) is 0 Å². The van der Waals surface area contributed by atoms with Gasteiger partial charge in [0.2, 0.25) is 10.0 Å². The van der Waals surface area contributed by atoms with Gasteiger partial charge in [0.25, 0.3) is 0 Å². The molecule has 4 nitrogen and oxygen atoms in total. The molecule has 0 unspecified atom stereocenters. The molecule has 0 saturated heterocycles. The first-order valence-corrected chi connectivity index (χ1v) is 9.30. The maximum Gasteiger partial charge on any atom is 0.241 e. The highest BCUT2D eigenvalue weighted by atomic mass is 32.2. The van der Waals surface area contributed by atoms with E-state index in [9.17, 15) is 8.42 Å². The van der Waals surface area contributed by atoms with Crippen molar-refractivity contribution in [2.45, 2.75) is 24.8 Å². The van der Waals surface area contributed by atoms with Crippen molar-refractivity contribution in [2.75, 3.05) is 13.1 Å². The SMILES string of the molecule is CCNCc1cc(S(=O)(=O)NCCc2ccccc2)cs1. The topological polar surface area (TPSA) is 58.2 Å². The Balaban J connectivity index is 1.90. The molecule has 2 aromatic rings. The first-order chi connectivity index (χ1) is 10.1. The average molecular weight is 324 g/mol. The first kappa shape index (κ1) is 16.2. The molecule has 1 aromatic carbocycles. The third-order valence-electron chi connectivity index (χ3n) is 3.04. The Morgan fingerprint density at radius 1 is 1.19 bits per heavy atom. The molecule has 0 aliphatic rings. The van der Waals surface area contributed by atoms with E-state index in [2.05, 4.69) is 10.0 Å². The van der Waals surface area contributed by atoms with Crippen molar-refractivity contribution >= 4 is 21.4 Å². The Morgan fingerprint density at radius 3 is 2.67 bits per heavy atom. The largest absolute Gasteiger partial charge is 0.312 e. The van der Waals surface area contributed by atoms with E-state index >= 15 is 0 Å². The molecule has 114 valence electrons. The van der Waals surface area contributed by atoms with Gasteiger partial charge in [0.05, 0.1) is 4.90 Å². The number of sulfonamides is 1. The maximum atomic E-state index is 12.2. The molecule has 0 fully saturated rings. The molecule has 0 spiro atoms. The number of thiophene rings is 1. The lowest BCUT2D eigenvalue weighted by Crippen LogP contribution is -2.25. The standard InChI is InChI=1S/C15H20N2O2S2/c1-2-16-11-14-10-15(12-20-14)21(18,19)17-9-8-13-6-4-3-5-7-13/h3-7,10,12,16-17H,2,8-9,11H2,1H3. The molecule has 2 rings (SSSR count). The molecule has 2 N–H and O–H groups in total. The maximum absolute atomic E-state index is 12.2. The summed E-state index contributed by atoms with van der Waals surface area (Å²) < 4.78 is 27.0. The van der Waals surface area contributed by atoms with E-state index in [1.807, 2.05) is 37.3 Å². The zero-order valence-corrected chi connectivity index (χ0v) is 13.6. The van der Waals surface area contributed by atoms with Gasteiger partial charge in [-0.3, -0.25) is 0 Å². The van der Waals surface area contributed by atoms with Crippen LogP contribution in [0.4, 0.5) is 0 Å². The monoisotopic (exact) mass is 324 g/mol. The normalized spacial score (nSPS) is 11.7. The van der Waals surface area contributed by atoms with E-state index in [4.69, 9.17) is 0 Å². The molecular formula is C15H20N2O2S2. The third-order valence-corrected chi connectivity index (χ3v) is 5.56. The van der Waals surface area contributed by atoms with Crippen LogP contribution in [0.1, 0.15) is 17.4 Å². The molecule has 6 heteroatoms. The zero-order valence-electron chi connectivity index (χ0n) is 12.0. The second-order valence-corrected chi connectivity index (χ2v) is 7.43. The van der Waals surface area contributed by atoms with Gasteiger partial charge in [-0.1, -0.05) is 37.3 Å². The van der Waals surface area contributed by atoms with Crippen LogP contribution in [-0.2, 0) is 23.0 Å². The highest BCUT2D eigenvalue weighted by Crippen LogP contribution is 2.19. The van der Waals surface area contributed by atoms with Crippen LogP contribution in [0.3, 0.4) is 0 Å². The Labute approximate surface area is 130 Å². The van der Waals surface area contributed by atoms with Crippen LogP contribution < -0.4 is 10.0 Å². The molecule has 1 heterocycles. The number of hydrogen-bond donors (Lipinski definition) is 2. The van der Waals surface area contributed by atoms with Crippen LogP contribution in [0.15, 0.2) is 46.7 Å². The van der Waals surface area contributed by atoms with Gasteiger partial charge in [-0.05, 0) is 24.6 Å². The second kappa shape index (κ2) is 7.70. The van der Waals surface area contributed by atoms with Crippen molar-refractivity contribution in [3.05, 3.63) is 52.2 Å². The van der Waals surface area contributed by atoms with E-state index in [1.165, 1.54) is 11.3 Å². The van der Waals surface area contributed by atoms with Gasteiger partial charge in [-0.15, -0.1) is 11.3 Å². The summed E-state index contributed by atoms with van der Waals surface area (Å²) in [6.07, 6.45) is 0.689. The predicted molar refractivity (Wildman–Crippen MR) is 87.0 cm³/mol. The lowest BCUT2D eigenvalue weighted by molar-refractivity contribution is 0.582. The van der Waals surface area contributed by atoms with E-state index in [0.717, 1.165) is 17.0 Å². The highest BCUT2D eigenvalue weighted by molar-refractivity contribution is 7.89. The van der Waals surface area contributed by atoms with Gasteiger partial charge in [-0.2, -0.15) is 0 Å². The molecular weight excluding hydrogens is 304 g/mol. The summed E-state index contributed by atoms with van der Waals surface area (Å²) in [5, 5.41) is 4.88. The zero-order chi connectivity index (χ0) is 15.1. The van der Waals surface area contributed by atoms with Gasteiger partial charge in [0, 0.05) is 23.3 Å². The molecule has 0 amide bonds. The highest BCUT2D eigenvalue weighted by Gasteiger charge is 2.15. The van der Waals surface area contributed by atoms with Crippen LogP contribution in [0.5, 0.6) is 0 Å². The van der Waals surface area contributed by atoms with Crippen molar-refractivity contribution in [2.24, 2.45) is 0 Å². The molecule has 1 aromatic heterocycles. The molecule has 0 aliphatic carbocycles. The van der Waals surface area contributed by atoms with Crippen LogP contribution >= 0.6 is 11.3 Å². The Bertz CT molecular complexity index is 651. The van der Waals surface area contributed by atoms with Gasteiger partial charge in [-0.25, -0.2) is 13.1 Å². The Morgan fingerprint density at radius 2 is 1.95 bits per heavy atom. The van der Waals surface area contributed by atoms with Gasteiger partial charge in [0.15, 0.2) is 0 Å². The van der Waals surface area contributed by atoms with Gasteiger partial charge < -0.3 is 5.32 Å². The number of nitrogens with one attached hydrogen (secondary N) is 2. The Kier molecular flexibility index (Phi) is 5.93. The fourth-order valence-corrected chi connectivity index (χ4v) is 4.18. The third kappa shape index (κ3) is 4.93. The van der Waals surface area contributed by atoms with Crippen molar-refractivity contribution in [1.29, 1.82) is 0 Å². The minimum atomic E-state index is -3.40. The summed E-state index contributed by atoms with van der Waals surface area (Å²) in [7, 11) is -3.40. The second-order valence-electron chi connectivity index (χ2n) is 4.66. The first-order valence-electron chi connectivity index (χ1n) is 6.93. The molecule has 0 aliphatic heterocycles. The number of benzene rings is 1. The van der Waals surface area contributed by atoms with Crippen LogP contribution in [0.25, 0.3) is 0 Å². The lowest BCUT2D eigenvalue weighted by Gasteiger charge is -2.05. The molecule has 0 radical (unpaired) electrons. The smallest absolute Gasteiger partial charge is 0.241 e. The number of hydrogen-bond acceptors (Lipinski definition) is 4. The molecule has 0 saturated carbocycles. The van der Waals surface area contributed by atoms with E-state index < -0.39 is 10.0 Å². The summed E-state index contributed by atoms with van der Waals surface area (Å²) in [6, 6.07) is 11.6. The minimum absolute atomic E-state index is 0.355. The van der Waals surface area contributed by atoms with Crippen molar-refractivity contribution in [3.8, 4) is 0 Å². The summed E-state index contributed by atoms with van der Waals surface area (Å²) >= 11 is 1.46. The lowest BCUT2D eigenvalue weighted by atomic mass is 10.2. The fourth-order valence-electron chi connectivity index (χ4n) is 1.90. The summed E-state index contributed by atoms with van der Waals surface area (Å²) in [4.78, 5) is 1.38. The summed E-state index contributed by atoms with van der Waals surface area (Å²) in [5.74, 6) is 0.